The van der Waals surface area contributed by atoms with Crippen molar-refractivity contribution in [1.29, 1.82) is 0 Å². The summed E-state index contributed by atoms with van der Waals surface area (Å²) in [7, 11) is 0. The Bertz CT molecular complexity index is 418. The van der Waals surface area contributed by atoms with E-state index in [4.69, 9.17) is 0 Å². The summed E-state index contributed by atoms with van der Waals surface area (Å²) in [5.74, 6) is 0.637. The molecular weight excluding hydrogens is 206 g/mol. The van der Waals surface area contributed by atoms with Crippen LogP contribution in [-0.2, 0) is 0 Å². The van der Waals surface area contributed by atoms with E-state index in [-0.39, 0.29) is 0 Å². The Morgan fingerprint density at radius 2 is 1.24 bits per heavy atom. The zero-order valence-electron chi connectivity index (χ0n) is 12.7. The first-order valence-corrected chi connectivity index (χ1v) is 6.82. The lowest BCUT2D eigenvalue weighted by molar-refractivity contribution is 0.686. The molecule has 0 saturated heterocycles. The summed E-state index contributed by atoms with van der Waals surface area (Å²) in [4.78, 5) is 0. The maximum absolute atomic E-state index is 3.62. The maximum atomic E-state index is 3.62. The van der Waals surface area contributed by atoms with Crippen LogP contribution in [0.15, 0.2) is 0 Å². The van der Waals surface area contributed by atoms with Crippen molar-refractivity contribution < 1.29 is 0 Å². The van der Waals surface area contributed by atoms with Gasteiger partial charge < -0.3 is 5.32 Å². The van der Waals surface area contributed by atoms with E-state index in [1.54, 1.807) is 5.56 Å². The summed E-state index contributed by atoms with van der Waals surface area (Å²) < 4.78 is 0. The highest BCUT2D eigenvalue weighted by Crippen LogP contribution is 2.42. The van der Waals surface area contributed by atoms with Gasteiger partial charge in [0.1, 0.15) is 0 Å². The normalized spacial score (nSPS) is 21.4. The lowest BCUT2D eigenvalue weighted by Crippen LogP contribution is -2.13. The predicted octanol–water partition coefficient (Wildman–Crippen LogP) is 4.86. The molecule has 1 nitrogen and oxygen atoms in total. The minimum Gasteiger partial charge on any atom is -0.382 e. The molecule has 1 aliphatic heterocycles. The number of benzene rings is 1. The molecule has 2 unspecified atom stereocenters. The number of hydrogen-bond acceptors (Lipinski definition) is 1. The molecule has 1 heteroatoms. The van der Waals surface area contributed by atoms with E-state index in [1.807, 2.05) is 13.8 Å². The standard InChI is InChI=1S/C14H21N.C2H6/c1-7-8(2)10(4)14-13(9(7)3)11(5)12(6)15-14;1-2/h11-12,15H,1-6H3;1-2H3. The van der Waals surface area contributed by atoms with Gasteiger partial charge in [0.2, 0.25) is 0 Å². The highest BCUT2D eigenvalue weighted by Gasteiger charge is 2.29. The van der Waals surface area contributed by atoms with Gasteiger partial charge in [0.15, 0.2) is 0 Å². The van der Waals surface area contributed by atoms with Crippen molar-refractivity contribution in [2.24, 2.45) is 0 Å². The van der Waals surface area contributed by atoms with Crippen LogP contribution >= 0.6 is 0 Å². The van der Waals surface area contributed by atoms with Crippen LogP contribution in [0.25, 0.3) is 0 Å². The van der Waals surface area contributed by atoms with Gasteiger partial charge in [-0.25, -0.2) is 0 Å². The van der Waals surface area contributed by atoms with Crippen molar-refractivity contribution in [2.45, 2.75) is 67.3 Å². The highest BCUT2D eigenvalue weighted by molar-refractivity contribution is 5.70. The van der Waals surface area contributed by atoms with Crippen molar-refractivity contribution in [3.63, 3.8) is 0 Å². The molecule has 0 saturated carbocycles. The average Bonchev–Trinajstić information content (AvgIpc) is 2.63. The number of anilines is 1. The third kappa shape index (κ3) is 2.08. The van der Waals surface area contributed by atoms with E-state index in [1.165, 1.54) is 27.9 Å². The minimum absolute atomic E-state index is 0.568. The first kappa shape index (κ1) is 14.1. The Morgan fingerprint density at radius 3 is 1.76 bits per heavy atom. The summed E-state index contributed by atoms with van der Waals surface area (Å²) in [5.41, 5.74) is 8.77. The van der Waals surface area contributed by atoms with E-state index in [0.717, 1.165) is 0 Å². The second kappa shape index (κ2) is 5.12. The van der Waals surface area contributed by atoms with Crippen LogP contribution < -0.4 is 5.32 Å². The van der Waals surface area contributed by atoms with Crippen molar-refractivity contribution >= 4 is 5.69 Å². The minimum atomic E-state index is 0.568. The van der Waals surface area contributed by atoms with Gasteiger partial charge in [0.25, 0.3) is 0 Å². The first-order chi connectivity index (χ1) is 7.95. The predicted molar refractivity (Wildman–Crippen MR) is 78.2 cm³/mol. The van der Waals surface area contributed by atoms with Gasteiger partial charge >= 0.3 is 0 Å². The SMILES string of the molecule is CC.Cc1c(C)c(C)c2c(c1C)NC(C)C2C. The van der Waals surface area contributed by atoms with Gasteiger partial charge in [-0.1, -0.05) is 20.8 Å². The molecule has 96 valence electrons. The molecule has 17 heavy (non-hydrogen) atoms. The zero-order chi connectivity index (χ0) is 13.3. The molecule has 0 spiro atoms. The molecule has 1 heterocycles. The molecule has 0 aliphatic carbocycles. The lowest BCUT2D eigenvalue weighted by Gasteiger charge is -2.16. The Labute approximate surface area is 107 Å². The van der Waals surface area contributed by atoms with Crippen molar-refractivity contribution in [2.75, 3.05) is 5.32 Å². The Hall–Kier alpha value is -0.980. The number of fused-ring (bicyclic) bond motifs is 1. The van der Waals surface area contributed by atoms with Gasteiger partial charge in [0.05, 0.1) is 0 Å². The van der Waals surface area contributed by atoms with E-state index < -0.39 is 0 Å². The third-order valence-electron chi connectivity index (χ3n) is 4.31. The van der Waals surface area contributed by atoms with Crippen molar-refractivity contribution in [3.05, 3.63) is 27.8 Å². The average molecular weight is 233 g/mol. The van der Waals surface area contributed by atoms with Crippen molar-refractivity contribution in [3.8, 4) is 0 Å². The summed E-state index contributed by atoms with van der Waals surface area (Å²) in [6, 6.07) is 0.568. The molecule has 0 amide bonds. The molecule has 2 rings (SSSR count). The molecular formula is C16H27N. The zero-order valence-corrected chi connectivity index (χ0v) is 12.7. The Kier molecular flexibility index (Phi) is 4.24. The van der Waals surface area contributed by atoms with Crippen molar-refractivity contribution in [1.82, 2.24) is 0 Å². The summed E-state index contributed by atoms with van der Waals surface area (Å²) in [6.45, 7) is 17.6. The van der Waals surface area contributed by atoms with Gasteiger partial charge in [-0.2, -0.15) is 0 Å². The van der Waals surface area contributed by atoms with E-state index in [2.05, 4.69) is 46.9 Å². The lowest BCUT2D eigenvalue weighted by atomic mass is 9.87. The van der Waals surface area contributed by atoms with Crippen LogP contribution in [0, 0.1) is 27.7 Å². The Balaban J connectivity index is 0.000000686. The van der Waals surface area contributed by atoms with Crippen LogP contribution in [0.5, 0.6) is 0 Å². The fourth-order valence-corrected chi connectivity index (χ4v) is 2.70. The first-order valence-electron chi connectivity index (χ1n) is 6.82. The van der Waals surface area contributed by atoms with Crippen LogP contribution in [0.1, 0.15) is 61.4 Å². The van der Waals surface area contributed by atoms with E-state index in [9.17, 15) is 0 Å². The summed E-state index contributed by atoms with van der Waals surface area (Å²) in [5, 5.41) is 3.62. The molecule has 0 radical (unpaired) electrons. The quantitative estimate of drug-likeness (QED) is 0.674. The number of hydrogen-bond donors (Lipinski definition) is 1. The molecule has 0 fully saturated rings. The second-order valence-electron chi connectivity index (χ2n) is 5.01. The van der Waals surface area contributed by atoms with Gasteiger partial charge in [-0.15, -0.1) is 0 Å². The van der Waals surface area contributed by atoms with Crippen LogP contribution in [0.4, 0.5) is 5.69 Å². The van der Waals surface area contributed by atoms with Gasteiger partial charge in [-0.3, -0.25) is 0 Å². The molecule has 1 aliphatic rings. The molecule has 1 aromatic rings. The topological polar surface area (TPSA) is 12.0 Å². The highest BCUT2D eigenvalue weighted by atomic mass is 15.0. The monoisotopic (exact) mass is 233 g/mol. The second-order valence-corrected chi connectivity index (χ2v) is 5.01. The third-order valence-corrected chi connectivity index (χ3v) is 4.31. The molecule has 0 bridgehead atoms. The molecule has 0 aromatic heterocycles. The van der Waals surface area contributed by atoms with Crippen LogP contribution in [-0.4, -0.2) is 6.04 Å². The molecule has 1 aromatic carbocycles. The van der Waals surface area contributed by atoms with Gasteiger partial charge in [0, 0.05) is 17.6 Å². The summed E-state index contributed by atoms with van der Waals surface area (Å²) >= 11 is 0. The van der Waals surface area contributed by atoms with E-state index in [0.29, 0.717) is 12.0 Å². The molecule has 1 N–H and O–H groups in total. The largest absolute Gasteiger partial charge is 0.382 e. The maximum Gasteiger partial charge on any atom is 0.0413 e. The fourth-order valence-electron chi connectivity index (χ4n) is 2.70. The molecule has 2 atom stereocenters. The number of rotatable bonds is 0. The van der Waals surface area contributed by atoms with Crippen LogP contribution in [0.2, 0.25) is 0 Å². The fraction of sp³-hybridized carbons (Fsp3) is 0.625. The van der Waals surface area contributed by atoms with Crippen LogP contribution in [0.3, 0.4) is 0 Å². The van der Waals surface area contributed by atoms with Gasteiger partial charge in [-0.05, 0) is 62.4 Å². The Morgan fingerprint density at radius 1 is 0.765 bits per heavy atom. The smallest absolute Gasteiger partial charge is 0.0413 e. The van der Waals surface area contributed by atoms with E-state index >= 15 is 0 Å². The number of nitrogens with one attached hydrogen (secondary N) is 1. The summed E-state index contributed by atoms with van der Waals surface area (Å²) in [6.07, 6.45) is 0.